The highest BCUT2D eigenvalue weighted by Crippen LogP contribution is 2.26. The molecule has 0 aliphatic heterocycles. The van der Waals surface area contributed by atoms with E-state index in [1.165, 1.54) is 9.77 Å². The molecule has 0 amide bonds. The van der Waals surface area contributed by atoms with Crippen LogP contribution in [-0.2, 0) is 20.8 Å². The number of hydrogen-bond acceptors (Lipinski definition) is 5. The molecule has 0 aliphatic rings. The quantitative estimate of drug-likeness (QED) is 0.548. The number of thiophene rings is 1. The number of hydrogen-bond donors (Lipinski definition) is 0. The van der Waals surface area contributed by atoms with E-state index < -0.39 is 6.48 Å². The van der Waals surface area contributed by atoms with Gasteiger partial charge in [0.2, 0.25) is 0 Å². The molecule has 0 aliphatic carbocycles. The smallest absolute Gasteiger partial charge is 0.271 e. The highest BCUT2D eigenvalue weighted by molar-refractivity contribution is 7.98. The standard InChI is InChI=1S/C10H16O3S2/c1-4-12-10(11-2)13-7-9-8(14-3)5-6-15-9/h5-6,10H,4,7H2,1-3H3. The van der Waals surface area contributed by atoms with Crippen molar-refractivity contribution in [2.24, 2.45) is 0 Å². The molecule has 1 aromatic rings. The summed E-state index contributed by atoms with van der Waals surface area (Å²) in [5.74, 6) is 0. The number of methoxy groups -OCH3 is 1. The number of ether oxygens (including phenoxy) is 3. The molecule has 15 heavy (non-hydrogen) atoms. The fourth-order valence-electron chi connectivity index (χ4n) is 1.08. The van der Waals surface area contributed by atoms with E-state index in [4.69, 9.17) is 14.2 Å². The van der Waals surface area contributed by atoms with Crippen LogP contribution in [0.1, 0.15) is 11.8 Å². The van der Waals surface area contributed by atoms with Crippen molar-refractivity contribution >= 4 is 23.1 Å². The third-order valence-electron chi connectivity index (χ3n) is 1.77. The first kappa shape index (κ1) is 13.0. The second kappa shape index (κ2) is 7.24. The molecule has 1 heterocycles. The summed E-state index contributed by atoms with van der Waals surface area (Å²) in [6.07, 6.45) is 2.06. The Bertz CT molecular complexity index is 275. The summed E-state index contributed by atoms with van der Waals surface area (Å²) in [6.45, 7) is 2.46. The number of thioether (sulfide) groups is 1. The molecule has 0 spiro atoms. The van der Waals surface area contributed by atoms with Gasteiger partial charge < -0.3 is 14.2 Å². The summed E-state index contributed by atoms with van der Waals surface area (Å²) in [6, 6.07) is 2.09. The van der Waals surface area contributed by atoms with Crippen molar-refractivity contribution < 1.29 is 14.2 Å². The SMILES string of the molecule is CCOC(OC)OCc1sccc1SC. The fourth-order valence-corrected chi connectivity index (χ4v) is 2.74. The molecule has 0 aromatic carbocycles. The average molecular weight is 248 g/mol. The van der Waals surface area contributed by atoms with Gasteiger partial charge in [0.1, 0.15) is 0 Å². The summed E-state index contributed by atoms with van der Waals surface area (Å²) in [5.41, 5.74) is 0. The van der Waals surface area contributed by atoms with Crippen LogP contribution >= 0.6 is 23.1 Å². The van der Waals surface area contributed by atoms with Crippen LogP contribution in [0.5, 0.6) is 0 Å². The molecule has 0 saturated heterocycles. The van der Waals surface area contributed by atoms with Crippen molar-refractivity contribution in [2.45, 2.75) is 24.9 Å². The monoisotopic (exact) mass is 248 g/mol. The predicted molar refractivity (Wildman–Crippen MR) is 63.3 cm³/mol. The Morgan fingerprint density at radius 1 is 1.47 bits per heavy atom. The van der Waals surface area contributed by atoms with E-state index >= 15 is 0 Å². The molecule has 1 atom stereocenters. The van der Waals surface area contributed by atoms with Gasteiger partial charge in [0.15, 0.2) is 0 Å². The van der Waals surface area contributed by atoms with E-state index in [0.717, 1.165) is 0 Å². The van der Waals surface area contributed by atoms with Crippen molar-refractivity contribution in [2.75, 3.05) is 20.0 Å². The predicted octanol–water partition coefficient (Wildman–Crippen LogP) is 2.95. The first-order valence-corrected chi connectivity index (χ1v) is 6.78. The van der Waals surface area contributed by atoms with E-state index in [0.29, 0.717) is 13.2 Å². The third kappa shape index (κ3) is 4.12. The van der Waals surface area contributed by atoms with Gasteiger partial charge in [0, 0.05) is 23.5 Å². The van der Waals surface area contributed by atoms with Crippen LogP contribution in [-0.4, -0.2) is 26.4 Å². The average Bonchev–Trinajstić information content (AvgIpc) is 2.71. The zero-order valence-electron chi connectivity index (χ0n) is 9.19. The lowest BCUT2D eigenvalue weighted by atomic mass is 10.5. The van der Waals surface area contributed by atoms with E-state index in [1.54, 1.807) is 30.2 Å². The van der Waals surface area contributed by atoms with Crippen LogP contribution in [0.25, 0.3) is 0 Å². The highest BCUT2D eigenvalue weighted by Gasteiger charge is 2.09. The van der Waals surface area contributed by atoms with Gasteiger partial charge in [-0.05, 0) is 24.6 Å². The zero-order valence-corrected chi connectivity index (χ0v) is 10.8. The zero-order chi connectivity index (χ0) is 11.1. The Morgan fingerprint density at radius 3 is 2.87 bits per heavy atom. The number of rotatable bonds is 7. The van der Waals surface area contributed by atoms with E-state index in [9.17, 15) is 0 Å². The van der Waals surface area contributed by atoms with Gasteiger partial charge in [-0.25, -0.2) is 0 Å². The van der Waals surface area contributed by atoms with Crippen molar-refractivity contribution in [3.05, 3.63) is 16.3 Å². The molecule has 1 aromatic heterocycles. The van der Waals surface area contributed by atoms with Gasteiger partial charge in [-0.1, -0.05) is 0 Å². The molecule has 3 nitrogen and oxygen atoms in total. The van der Waals surface area contributed by atoms with Gasteiger partial charge in [0.05, 0.1) is 6.61 Å². The Labute approximate surface area is 98.7 Å². The molecular formula is C10H16O3S2. The Balaban J connectivity index is 2.41. The Hall–Kier alpha value is -0.0700. The summed E-state index contributed by atoms with van der Waals surface area (Å²) < 4.78 is 15.7. The first-order valence-electron chi connectivity index (χ1n) is 4.68. The minimum absolute atomic E-state index is 0.534. The lowest BCUT2D eigenvalue weighted by Crippen LogP contribution is -2.18. The van der Waals surface area contributed by atoms with Crippen LogP contribution in [0.15, 0.2) is 16.3 Å². The minimum Gasteiger partial charge on any atom is -0.333 e. The largest absolute Gasteiger partial charge is 0.333 e. The summed E-state index contributed by atoms with van der Waals surface area (Å²) in [7, 11) is 1.57. The van der Waals surface area contributed by atoms with Crippen LogP contribution < -0.4 is 0 Å². The Kier molecular flexibility index (Phi) is 6.28. The molecule has 0 fully saturated rings. The molecular weight excluding hydrogens is 232 g/mol. The molecule has 5 heteroatoms. The molecule has 0 N–H and O–H groups in total. The van der Waals surface area contributed by atoms with Gasteiger partial charge in [-0.15, -0.1) is 23.1 Å². The molecule has 0 radical (unpaired) electrons. The maximum Gasteiger partial charge on any atom is 0.271 e. The molecule has 0 saturated carbocycles. The van der Waals surface area contributed by atoms with E-state index in [2.05, 4.69) is 17.7 Å². The maximum atomic E-state index is 5.47. The third-order valence-corrected chi connectivity index (χ3v) is 3.62. The van der Waals surface area contributed by atoms with Crippen LogP contribution in [0.3, 0.4) is 0 Å². The maximum absolute atomic E-state index is 5.47. The lowest BCUT2D eigenvalue weighted by Gasteiger charge is -2.15. The summed E-state index contributed by atoms with van der Waals surface area (Å²) in [4.78, 5) is 2.47. The van der Waals surface area contributed by atoms with Crippen molar-refractivity contribution in [1.82, 2.24) is 0 Å². The van der Waals surface area contributed by atoms with E-state index in [-0.39, 0.29) is 0 Å². The lowest BCUT2D eigenvalue weighted by molar-refractivity contribution is -0.280. The first-order chi connectivity index (χ1) is 7.31. The second-order valence-corrected chi connectivity index (χ2v) is 4.55. The van der Waals surface area contributed by atoms with Gasteiger partial charge in [0.25, 0.3) is 6.48 Å². The second-order valence-electron chi connectivity index (χ2n) is 2.70. The van der Waals surface area contributed by atoms with Crippen LogP contribution in [0.4, 0.5) is 0 Å². The Morgan fingerprint density at radius 2 is 2.27 bits per heavy atom. The van der Waals surface area contributed by atoms with Gasteiger partial charge >= 0.3 is 0 Å². The normalized spacial score (nSPS) is 13.0. The summed E-state index contributed by atoms with van der Waals surface area (Å²) in [5, 5.41) is 2.06. The van der Waals surface area contributed by atoms with Crippen LogP contribution in [0, 0.1) is 0 Å². The molecule has 1 rings (SSSR count). The highest BCUT2D eigenvalue weighted by atomic mass is 32.2. The molecule has 1 unspecified atom stereocenters. The molecule has 86 valence electrons. The molecule has 0 bridgehead atoms. The van der Waals surface area contributed by atoms with Crippen LogP contribution in [0.2, 0.25) is 0 Å². The summed E-state index contributed by atoms with van der Waals surface area (Å²) >= 11 is 3.41. The minimum atomic E-state index is -0.563. The van der Waals surface area contributed by atoms with Crippen molar-refractivity contribution in [1.29, 1.82) is 0 Å². The van der Waals surface area contributed by atoms with Crippen molar-refractivity contribution in [3.63, 3.8) is 0 Å². The topological polar surface area (TPSA) is 27.7 Å². The fraction of sp³-hybridized carbons (Fsp3) is 0.600. The van der Waals surface area contributed by atoms with Gasteiger partial charge in [-0.3, -0.25) is 0 Å². The van der Waals surface area contributed by atoms with E-state index in [1.807, 2.05) is 6.92 Å². The van der Waals surface area contributed by atoms with Crippen molar-refractivity contribution in [3.8, 4) is 0 Å². The van der Waals surface area contributed by atoms with Gasteiger partial charge in [-0.2, -0.15) is 0 Å².